The molecule has 0 heterocycles. The molecule has 0 amide bonds. The number of hydrazone groups is 1. The summed E-state index contributed by atoms with van der Waals surface area (Å²) < 4.78 is 0. The molecule has 3 aromatic rings. The fraction of sp³-hybridized carbons (Fsp3) is 0.107. The summed E-state index contributed by atoms with van der Waals surface area (Å²) >= 11 is 0. The summed E-state index contributed by atoms with van der Waals surface area (Å²) in [6.45, 7) is 4.55. The van der Waals surface area contributed by atoms with Gasteiger partial charge in [0.1, 0.15) is 0 Å². The maximum atomic E-state index is 4.79. The Morgan fingerprint density at radius 1 is 0.800 bits per heavy atom. The molecule has 3 rings (SSSR count). The third-order valence-corrected chi connectivity index (χ3v) is 4.64. The van der Waals surface area contributed by atoms with Crippen LogP contribution in [0.1, 0.15) is 17.5 Å². The van der Waals surface area contributed by atoms with Gasteiger partial charge < -0.3 is 0 Å². The molecule has 0 radical (unpaired) electrons. The van der Waals surface area contributed by atoms with Crippen molar-refractivity contribution < 1.29 is 0 Å². The first-order valence-corrected chi connectivity index (χ1v) is 10.3. The van der Waals surface area contributed by atoms with Crippen LogP contribution in [-0.2, 0) is 13.0 Å². The SMILES string of the molecule is C=C/C=C(C=NN(Cc1ccccc1)c1ccccc1)\C=C/CCc1ccccc1. The molecule has 0 aliphatic heterocycles. The Bertz CT molecular complexity index is 971. The van der Waals surface area contributed by atoms with Crippen molar-refractivity contribution in [1.29, 1.82) is 0 Å². The van der Waals surface area contributed by atoms with Crippen molar-refractivity contribution >= 4 is 11.9 Å². The first kappa shape index (κ1) is 21.1. The van der Waals surface area contributed by atoms with Crippen molar-refractivity contribution in [3.63, 3.8) is 0 Å². The summed E-state index contributed by atoms with van der Waals surface area (Å²) in [6, 6.07) is 31.2. The molecule has 150 valence electrons. The Morgan fingerprint density at radius 3 is 2.03 bits per heavy atom. The second-order valence-corrected chi connectivity index (χ2v) is 6.95. The van der Waals surface area contributed by atoms with Gasteiger partial charge in [0.2, 0.25) is 0 Å². The number of allylic oxidation sites excluding steroid dienone is 5. The summed E-state index contributed by atoms with van der Waals surface area (Å²) in [5, 5.41) is 6.80. The predicted octanol–water partition coefficient (Wildman–Crippen LogP) is 6.98. The molecule has 3 aromatic carbocycles. The number of hydrogen-bond donors (Lipinski definition) is 0. The molecular weight excluding hydrogens is 364 g/mol. The van der Waals surface area contributed by atoms with Crippen molar-refractivity contribution in [2.45, 2.75) is 19.4 Å². The average molecular weight is 393 g/mol. The van der Waals surface area contributed by atoms with Gasteiger partial charge in [-0.05, 0) is 41.7 Å². The lowest BCUT2D eigenvalue weighted by atomic mass is 10.1. The zero-order valence-electron chi connectivity index (χ0n) is 17.3. The average Bonchev–Trinajstić information content (AvgIpc) is 2.81. The van der Waals surface area contributed by atoms with Crippen LogP contribution in [0.25, 0.3) is 0 Å². The Morgan fingerprint density at radius 2 is 1.40 bits per heavy atom. The molecule has 0 saturated heterocycles. The Kier molecular flexibility index (Phi) is 8.45. The van der Waals surface area contributed by atoms with Gasteiger partial charge in [0.05, 0.1) is 18.4 Å². The minimum atomic E-state index is 0.709. The maximum Gasteiger partial charge on any atom is 0.0666 e. The van der Waals surface area contributed by atoms with Crippen LogP contribution >= 0.6 is 0 Å². The Hall–Kier alpha value is -3.65. The normalized spacial score (nSPS) is 11.8. The summed E-state index contributed by atoms with van der Waals surface area (Å²) in [7, 11) is 0. The van der Waals surface area contributed by atoms with Gasteiger partial charge >= 0.3 is 0 Å². The number of hydrogen-bond acceptors (Lipinski definition) is 2. The Labute approximate surface area is 180 Å². The molecule has 2 heteroatoms. The second-order valence-electron chi connectivity index (χ2n) is 6.95. The van der Waals surface area contributed by atoms with E-state index in [4.69, 9.17) is 5.10 Å². The van der Waals surface area contributed by atoms with Crippen LogP contribution < -0.4 is 5.01 Å². The third kappa shape index (κ3) is 7.06. The van der Waals surface area contributed by atoms with Gasteiger partial charge in [-0.2, -0.15) is 5.10 Å². The van der Waals surface area contributed by atoms with E-state index in [1.807, 2.05) is 41.6 Å². The number of para-hydroxylation sites is 1. The van der Waals surface area contributed by atoms with Gasteiger partial charge in [-0.25, -0.2) is 0 Å². The number of benzene rings is 3. The fourth-order valence-electron chi connectivity index (χ4n) is 3.08. The molecule has 0 aromatic heterocycles. The van der Waals surface area contributed by atoms with Crippen LogP contribution in [0.15, 0.2) is 133 Å². The van der Waals surface area contributed by atoms with Crippen molar-refractivity contribution in [1.82, 2.24) is 0 Å². The largest absolute Gasteiger partial charge is 0.261 e. The van der Waals surface area contributed by atoms with Gasteiger partial charge in [-0.3, -0.25) is 5.01 Å². The third-order valence-electron chi connectivity index (χ3n) is 4.64. The summed E-state index contributed by atoms with van der Waals surface area (Å²) in [4.78, 5) is 0. The maximum absolute atomic E-state index is 4.79. The van der Waals surface area contributed by atoms with Crippen molar-refractivity contribution in [2.24, 2.45) is 5.10 Å². The van der Waals surface area contributed by atoms with Gasteiger partial charge in [-0.1, -0.05) is 110 Å². The number of anilines is 1. The fourth-order valence-corrected chi connectivity index (χ4v) is 3.08. The molecule has 0 atom stereocenters. The van der Waals surface area contributed by atoms with Crippen LogP contribution in [0.4, 0.5) is 5.69 Å². The standard InChI is InChI=1S/C28H28N2/c1-2-14-26(18-13-12-17-25-15-6-3-7-16-25)23-29-30(28-21-10-5-11-22-28)24-27-19-8-4-9-20-27/h2-11,13-16,18-23H,1,12,17,24H2/b18-13-,26-14+,29-23?. The van der Waals surface area contributed by atoms with Gasteiger partial charge in [0.15, 0.2) is 0 Å². The van der Waals surface area contributed by atoms with E-state index in [0.717, 1.165) is 24.1 Å². The molecule has 0 aliphatic carbocycles. The first-order valence-electron chi connectivity index (χ1n) is 10.3. The van der Waals surface area contributed by atoms with Crippen LogP contribution in [0.5, 0.6) is 0 Å². The molecule has 0 bridgehead atoms. The quantitative estimate of drug-likeness (QED) is 0.206. The van der Waals surface area contributed by atoms with E-state index >= 15 is 0 Å². The lowest BCUT2D eigenvalue weighted by Crippen LogP contribution is -2.16. The lowest BCUT2D eigenvalue weighted by molar-refractivity contribution is 0.858. The Balaban J connectivity index is 1.70. The summed E-state index contributed by atoms with van der Waals surface area (Å²) in [6.07, 6.45) is 12.0. The first-order chi connectivity index (χ1) is 14.8. The molecule has 30 heavy (non-hydrogen) atoms. The molecule has 0 N–H and O–H groups in total. The zero-order chi connectivity index (χ0) is 20.9. The molecule has 0 aliphatic rings. The molecular formula is C28H28N2. The number of aryl methyl sites for hydroxylation is 1. The van der Waals surface area contributed by atoms with E-state index in [1.165, 1.54) is 11.1 Å². The molecule has 0 unspecified atom stereocenters. The minimum absolute atomic E-state index is 0.709. The molecule has 0 saturated carbocycles. The van der Waals surface area contributed by atoms with E-state index in [0.29, 0.717) is 6.54 Å². The summed E-state index contributed by atoms with van der Waals surface area (Å²) in [5.74, 6) is 0. The molecule has 2 nitrogen and oxygen atoms in total. The van der Waals surface area contributed by atoms with Gasteiger partial charge in [0, 0.05) is 0 Å². The highest BCUT2D eigenvalue weighted by molar-refractivity contribution is 5.83. The monoisotopic (exact) mass is 392 g/mol. The molecule has 0 spiro atoms. The lowest BCUT2D eigenvalue weighted by Gasteiger charge is -2.19. The number of nitrogens with zero attached hydrogens (tertiary/aromatic N) is 2. The predicted molar refractivity (Wildman–Crippen MR) is 130 cm³/mol. The van der Waals surface area contributed by atoms with Crippen LogP contribution in [0, 0.1) is 0 Å². The highest BCUT2D eigenvalue weighted by Gasteiger charge is 2.05. The van der Waals surface area contributed by atoms with E-state index in [1.54, 1.807) is 6.08 Å². The number of rotatable bonds is 10. The van der Waals surface area contributed by atoms with Crippen molar-refractivity contribution in [2.75, 3.05) is 5.01 Å². The zero-order valence-corrected chi connectivity index (χ0v) is 17.3. The van der Waals surface area contributed by atoms with E-state index in [-0.39, 0.29) is 0 Å². The minimum Gasteiger partial charge on any atom is -0.261 e. The van der Waals surface area contributed by atoms with Gasteiger partial charge in [-0.15, -0.1) is 0 Å². The van der Waals surface area contributed by atoms with E-state index in [9.17, 15) is 0 Å². The van der Waals surface area contributed by atoms with E-state index in [2.05, 4.69) is 85.5 Å². The molecule has 0 fully saturated rings. The van der Waals surface area contributed by atoms with Crippen molar-refractivity contribution in [3.05, 3.63) is 139 Å². The van der Waals surface area contributed by atoms with Crippen LogP contribution in [0.3, 0.4) is 0 Å². The van der Waals surface area contributed by atoms with Crippen molar-refractivity contribution in [3.8, 4) is 0 Å². The van der Waals surface area contributed by atoms with E-state index < -0.39 is 0 Å². The highest BCUT2D eigenvalue weighted by Crippen LogP contribution is 2.17. The van der Waals surface area contributed by atoms with Crippen LogP contribution in [0.2, 0.25) is 0 Å². The smallest absolute Gasteiger partial charge is 0.0666 e. The second kappa shape index (κ2) is 12.0. The highest BCUT2D eigenvalue weighted by atomic mass is 15.4. The topological polar surface area (TPSA) is 15.6 Å². The van der Waals surface area contributed by atoms with Gasteiger partial charge in [0.25, 0.3) is 0 Å². The van der Waals surface area contributed by atoms with Crippen LogP contribution in [-0.4, -0.2) is 6.21 Å². The summed E-state index contributed by atoms with van der Waals surface area (Å²) in [5.41, 5.74) is 4.64.